The number of carbonyl (C=O) groups excluding carboxylic acids is 3. The molecular formula is C21H31N3O4. The van der Waals surface area contributed by atoms with Gasteiger partial charge in [-0.3, -0.25) is 19.3 Å². The zero-order chi connectivity index (χ0) is 20.7. The van der Waals surface area contributed by atoms with Gasteiger partial charge in [-0.25, -0.2) is 0 Å². The summed E-state index contributed by atoms with van der Waals surface area (Å²) in [6.45, 7) is 6.87. The number of hydrogen-bond donors (Lipinski definition) is 0. The first-order valence-corrected chi connectivity index (χ1v) is 9.85. The maximum absolute atomic E-state index is 12.8. The number of hydrogen-bond acceptors (Lipinski definition) is 4. The van der Waals surface area contributed by atoms with Crippen LogP contribution in [0.1, 0.15) is 40.0 Å². The Balaban J connectivity index is 2.02. The fraction of sp³-hybridized carbons (Fsp3) is 0.571. The normalized spacial score (nSPS) is 14.0. The molecule has 2 rings (SSSR count). The van der Waals surface area contributed by atoms with E-state index in [0.29, 0.717) is 18.7 Å². The molecule has 0 bridgehead atoms. The van der Waals surface area contributed by atoms with Crippen LogP contribution in [0.5, 0.6) is 5.75 Å². The first-order valence-electron chi connectivity index (χ1n) is 9.85. The fourth-order valence-electron chi connectivity index (χ4n) is 3.15. The molecule has 7 nitrogen and oxygen atoms in total. The third-order valence-electron chi connectivity index (χ3n) is 4.68. The Labute approximate surface area is 167 Å². The van der Waals surface area contributed by atoms with Crippen molar-refractivity contribution in [3.63, 3.8) is 0 Å². The van der Waals surface area contributed by atoms with Crippen LogP contribution < -0.4 is 9.64 Å². The smallest absolute Gasteiger partial charge is 0.248 e. The first kappa shape index (κ1) is 21.7. The quantitative estimate of drug-likeness (QED) is 0.651. The van der Waals surface area contributed by atoms with Crippen LogP contribution in [0.4, 0.5) is 5.69 Å². The van der Waals surface area contributed by atoms with E-state index >= 15 is 0 Å². The summed E-state index contributed by atoms with van der Waals surface area (Å²) in [5.74, 6) is 0.648. The Hall–Kier alpha value is -2.57. The summed E-state index contributed by atoms with van der Waals surface area (Å²) >= 11 is 0. The van der Waals surface area contributed by atoms with Crippen LogP contribution in [0.2, 0.25) is 0 Å². The third kappa shape index (κ3) is 5.71. The second-order valence-electron chi connectivity index (χ2n) is 7.52. The summed E-state index contributed by atoms with van der Waals surface area (Å²) in [7, 11) is 1.58. The molecule has 1 aromatic rings. The van der Waals surface area contributed by atoms with Gasteiger partial charge < -0.3 is 14.5 Å². The molecule has 1 aliphatic heterocycles. The van der Waals surface area contributed by atoms with Gasteiger partial charge in [0.15, 0.2) is 0 Å². The van der Waals surface area contributed by atoms with Gasteiger partial charge in [0.2, 0.25) is 17.7 Å². The number of ether oxygens (including phenoxy) is 1. The van der Waals surface area contributed by atoms with Gasteiger partial charge in [-0.2, -0.15) is 0 Å². The lowest BCUT2D eigenvalue weighted by molar-refractivity contribution is -0.140. The second-order valence-corrected chi connectivity index (χ2v) is 7.52. The molecular weight excluding hydrogens is 358 g/mol. The monoisotopic (exact) mass is 389 g/mol. The van der Waals surface area contributed by atoms with E-state index in [-0.39, 0.29) is 43.4 Å². The van der Waals surface area contributed by atoms with E-state index in [1.807, 2.05) is 20.8 Å². The van der Waals surface area contributed by atoms with Crippen molar-refractivity contribution in [3.05, 3.63) is 24.3 Å². The molecule has 1 saturated heterocycles. The topological polar surface area (TPSA) is 70.2 Å². The minimum atomic E-state index is -0.199. The minimum Gasteiger partial charge on any atom is -0.497 e. The fourth-order valence-corrected chi connectivity index (χ4v) is 3.15. The van der Waals surface area contributed by atoms with Crippen molar-refractivity contribution in [2.45, 2.75) is 40.0 Å². The SMILES string of the molecule is CCCCC(=O)N(CC(=O)N1CC(=O)N(c2ccc(OC)cc2)C1)CC(C)C. The standard InChI is InChI=1S/C21H31N3O4/c1-5-6-7-19(25)22(12-16(2)3)13-20(26)23-14-21(27)24(15-23)17-8-10-18(28-4)11-9-17/h8-11,16H,5-7,12-15H2,1-4H3. The highest BCUT2D eigenvalue weighted by Crippen LogP contribution is 2.22. The molecule has 0 unspecified atom stereocenters. The van der Waals surface area contributed by atoms with Gasteiger partial charge in [0.1, 0.15) is 19.0 Å². The Morgan fingerprint density at radius 1 is 1.21 bits per heavy atom. The van der Waals surface area contributed by atoms with Gasteiger partial charge in [0.25, 0.3) is 0 Å². The summed E-state index contributed by atoms with van der Waals surface area (Å²) in [4.78, 5) is 42.3. The van der Waals surface area contributed by atoms with Crippen molar-refractivity contribution >= 4 is 23.4 Å². The van der Waals surface area contributed by atoms with Gasteiger partial charge in [-0.1, -0.05) is 27.2 Å². The summed E-state index contributed by atoms with van der Waals surface area (Å²) in [5.41, 5.74) is 0.721. The molecule has 154 valence electrons. The third-order valence-corrected chi connectivity index (χ3v) is 4.68. The molecule has 0 N–H and O–H groups in total. The van der Waals surface area contributed by atoms with Crippen molar-refractivity contribution in [2.24, 2.45) is 5.92 Å². The van der Waals surface area contributed by atoms with E-state index in [4.69, 9.17) is 4.74 Å². The Morgan fingerprint density at radius 3 is 2.46 bits per heavy atom. The van der Waals surface area contributed by atoms with Crippen LogP contribution in [0.3, 0.4) is 0 Å². The number of carbonyl (C=O) groups is 3. The molecule has 0 aliphatic carbocycles. The number of amides is 3. The molecule has 0 aromatic heterocycles. The van der Waals surface area contributed by atoms with Gasteiger partial charge in [0, 0.05) is 18.7 Å². The number of methoxy groups -OCH3 is 1. The molecule has 1 aromatic carbocycles. The van der Waals surface area contributed by atoms with Crippen LogP contribution in [0.15, 0.2) is 24.3 Å². The molecule has 1 fully saturated rings. The van der Waals surface area contributed by atoms with Crippen molar-refractivity contribution in [1.29, 1.82) is 0 Å². The molecule has 0 atom stereocenters. The van der Waals surface area contributed by atoms with Crippen LogP contribution in [-0.2, 0) is 14.4 Å². The highest BCUT2D eigenvalue weighted by Gasteiger charge is 2.33. The Morgan fingerprint density at radius 2 is 1.89 bits per heavy atom. The van der Waals surface area contributed by atoms with Gasteiger partial charge in [0.05, 0.1) is 13.7 Å². The van der Waals surface area contributed by atoms with E-state index in [2.05, 4.69) is 0 Å². The molecule has 3 amide bonds. The minimum absolute atomic E-state index is 0.00133. The van der Waals surface area contributed by atoms with Crippen LogP contribution in [0, 0.1) is 5.92 Å². The molecule has 28 heavy (non-hydrogen) atoms. The lowest BCUT2D eigenvalue weighted by Gasteiger charge is -2.26. The highest BCUT2D eigenvalue weighted by atomic mass is 16.5. The van der Waals surface area contributed by atoms with Crippen LogP contribution >= 0.6 is 0 Å². The van der Waals surface area contributed by atoms with E-state index in [9.17, 15) is 14.4 Å². The summed E-state index contributed by atoms with van der Waals surface area (Å²) in [6, 6.07) is 7.15. The average Bonchev–Trinajstić information content (AvgIpc) is 3.07. The number of rotatable bonds is 9. The zero-order valence-corrected chi connectivity index (χ0v) is 17.3. The lowest BCUT2D eigenvalue weighted by Crippen LogP contribution is -2.44. The predicted octanol–water partition coefficient (Wildman–Crippen LogP) is 2.50. The number of unbranched alkanes of at least 4 members (excludes halogenated alkanes) is 1. The number of anilines is 1. The molecule has 1 aliphatic rings. The lowest BCUT2D eigenvalue weighted by atomic mass is 10.1. The van der Waals surface area contributed by atoms with Crippen molar-refractivity contribution in [2.75, 3.05) is 38.3 Å². The van der Waals surface area contributed by atoms with Gasteiger partial charge >= 0.3 is 0 Å². The van der Waals surface area contributed by atoms with Crippen LogP contribution in [0.25, 0.3) is 0 Å². The summed E-state index contributed by atoms with van der Waals surface area (Å²) in [6.07, 6.45) is 2.20. The molecule has 1 heterocycles. The molecule has 0 radical (unpaired) electrons. The predicted molar refractivity (Wildman–Crippen MR) is 108 cm³/mol. The maximum Gasteiger partial charge on any atom is 0.248 e. The van der Waals surface area contributed by atoms with E-state index in [0.717, 1.165) is 18.5 Å². The largest absolute Gasteiger partial charge is 0.497 e. The van der Waals surface area contributed by atoms with Gasteiger partial charge in [-0.05, 0) is 36.6 Å². The maximum atomic E-state index is 12.8. The number of nitrogens with zero attached hydrogens (tertiary/aromatic N) is 3. The Kier molecular flexibility index (Phi) is 7.84. The van der Waals surface area contributed by atoms with Crippen molar-refractivity contribution in [1.82, 2.24) is 9.80 Å². The van der Waals surface area contributed by atoms with Crippen molar-refractivity contribution < 1.29 is 19.1 Å². The molecule has 0 saturated carbocycles. The number of benzene rings is 1. The Bertz CT molecular complexity index is 687. The van der Waals surface area contributed by atoms with E-state index < -0.39 is 0 Å². The molecule has 7 heteroatoms. The van der Waals surface area contributed by atoms with Gasteiger partial charge in [-0.15, -0.1) is 0 Å². The summed E-state index contributed by atoms with van der Waals surface area (Å²) in [5, 5.41) is 0. The first-order chi connectivity index (χ1) is 13.3. The highest BCUT2D eigenvalue weighted by molar-refractivity contribution is 6.00. The van der Waals surface area contributed by atoms with E-state index in [1.165, 1.54) is 4.90 Å². The molecule has 0 spiro atoms. The van der Waals surface area contributed by atoms with E-state index in [1.54, 1.807) is 41.2 Å². The van der Waals surface area contributed by atoms with Crippen molar-refractivity contribution in [3.8, 4) is 5.75 Å². The van der Waals surface area contributed by atoms with Crippen LogP contribution in [-0.4, -0.2) is 60.9 Å². The average molecular weight is 389 g/mol. The second kappa shape index (κ2) is 10.1. The zero-order valence-electron chi connectivity index (χ0n) is 17.3. The summed E-state index contributed by atoms with van der Waals surface area (Å²) < 4.78 is 5.14.